The van der Waals surface area contributed by atoms with E-state index in [1.54, 1.807) is 17.6 Å². The number of esters is 1. The number of amides is 1. The molecule has 0 atom stereocenters. The van der Waals surface area contributed by atoms with E-state index in [9.17, 15) is 18.0 Å². The molecule has 0 saturated carbocycles. The van der Waals surface area contributed by atoms with Crippen LogP contribution in [0.4, 0.5) is 0 Å². The zero-order valence-electron chi connectivity index (χ0n) is 16.0. The SMILES string of the molecule is CCOC(=O)Cn1c(=NC(=O)Cc2ccccc2)sc2cc(S(C)(=O)=O)ccc21. The highest BCUT2D eigenvalue weighted by Crippen LogP contribution is 2.22. The second kappa shape index (κ2) is 8.71. The minimum Gasteiger partial charge on any atom is -0.465 e. The van der Waals surface area contributed by atoms with Gasteiger partial charge in [0.1, 0.15) is 6.54 Å². The van der Waals surface area contributed by atoms with Crippen molar-refractivity contribution in [3.8, 4) is 0 Å². The van der Waals surface area contributed by atoms with Gasteiger partial charge in [0.05, 0.1) is 28.1 Å². The fourth-order valence-electron chi connectivity index (χ4n) is 2.77. The second-order valence-electron chi connectivity index (χ2n) is 6.35. The molecule has 2 aromatic carbocycles. The maximum absolute atomic E-state index is 12.5. The van der Waals surface area contributed by atoms with E-state index in [1.165, 1.54) is 12.1 Å². The van der Waals surface area contributed by atoms with Gasteiger partial charge in [-0.2, -0.15) is 4.99 Å². The Balaban J connectivity index is 2.07. The molecule has 0 bridgehead atoms. The summed E-state index contributed by atoms with van der Waals surface area (Å²) in [6.07, 6.45) is 1.26. The van der Waals surface area contributed by atoms with Crippen molar-refractivity contribution in [2.45, 2.75) is 24.8 Å². The second-order valence-corrected chi connectivity index (χ2v) is 9.37. The number of benzene rings is 2. The number of carbonyl (C=O) groups is 2. The highest BCUT2D eigenvalue weighted by Gasteiger charge is 2.15. The van der Waals surface area contributed by atoms with Crippen LogP contribution in [0.15, 0.2) is 58.4 Å². The number of aromatic nitrogens is 1. The number of nitrogens with zero attached hydrogens (tertiary/aromatic N) is 2. The first-order valence-electron chi connectivity index (χ1n) is 8.88. The topological polar surface area (TPSA) is 94.8 Å². The van der Waals surface area contributed by atoms with E-state index < -0.39 is 15.8 Å². The van der Waals surface area contributed by atoms with Gasteiger partial charge in [0, 0.05) is 6.26 Å². The quantitative estimate of drug-likeness (QED) is 0.557. The lowest BCUT2D eigenvalue weighted by molar-refractivity contribution is -0.143. The molecule has 9 heteroatoms. The van der Waals surface area contributed by atoms with Crippen molar-refractivity contribution in [1.29, 1.82) is 0 Å². The molecule has 0 aliphatic carbocycles. The Kier molecular flexibility index (Phi) is 6.29. The Morgan fingerprint density at radius 1 is 1.14 bits per heavy atom. The summed E-state index contributed by atoms with van der Waals surface area (Å²) in [5, 5.41) is 0. The van der Waals surface area contributed by atoms with Crippen LogP contribution in [-0.4, -0.2) is 37.7 Å². The van der Waals surface area contributed by atoms with Crippen LogP contribution in [0.2, 0.25) is 0 Å². The number of sulfone groups is 1. The molecule has 29 heavy (non-hydrogen) atoms. The molecule has 1 heterocycles. The molecule has 0 saturated heterocycles. The molecule has 3 aromatic rings. The highest BCUT2D eigenvalue weighted by atomic mass is 32.2. The standard InChI is InChI=1S/C20H20N2O5S2/c1-3-27-19(24)13-22-16-10-9-15(29(2,25)26)12-17(16)28-20(22)21-18(23)11-14-7-5-4-6-8-14/h4-10,12H,3,11,13H2,1-2H3. The normalized spacial score (nSPS) is 12.3. The first kappa shape index (κ1) is 20.9. The molecule has 0 unspecified atom stereocenters. The fourth-order valence-corrected chi connectivity index (χ4v) is 4.58. The fraction of sp³-hybridized carbons (Fsp3) is 0.250. The van der Waals surface area contributed by atoms with Gasteiger partial charge < -0.3 is 9.30 Å². The van der Waals surface area contributed by atoms with Gasteiger partial charge in [0.15, 0.2) is 14.6 Å². The Hall–Kier alpha value is -2.78. The average Bonchev–Trinajstić information content (AvgIpc) is 2.98. The Morgan fingerprint density at radius 2 is 1.86 bits per heavy atom. The van der Waals surface area contributed by atoms with Crippen LogP contribution in [0.25, 0.3) is 10.2 Å². The summed E-state index contributed by atoms with van der Waals surface area (Å²) in [5.74, 6) is -0.819. The number of ether oxygens (including phenoxy) is 1. The van der Waals surface area contributed by atoms with Crippen LogP contribution < -0.4 is 4.80 Å². The molecule has 1 amide bonds. The number of thiazole rings is 1. The van der Waals surface area contributed by atoms with Gasteiger partial charge in [-0.25, -0.2) is 8.42 Å². The van der Waals surface area contributed by atoms with Crippen LogP contribution >= 0.6 is 11.3 Å². The first-order valence-corrected chi connectivity index (χ1v) is 11.6. The number of rotatable bonds is 6. The molecule has 0 aliphatic heterocycles. The summed E-state index contributed by atoms with van der Waals surface area (Å²) in [5.41, 5.74) is 1.44. The lowest BCUT2D eigenvalue weighted by Gasteiger charge is -2.05. The molecule has 0 fully saturated rings. The number of hydrogen-bond donors (Lipinski definition) is 0. The summed E-state index contributed by atoms with van der Waals surface area (Å²) in [4.78, 5) is 29.2. The lowest BCUT2D eigenvalue weighted by Crippen LogP contribution is -2.23. The van der Waals surface area contributed by atoms with Gasteiger partial charge in [0.25, 0.3) is 5.91 Å². The van der Waals surface area contributed by atoms with E-state index in [4.69, 9.17) is 4.74 Å². The number of hydrogen-bond acceptors (Lipinski definition) is 6. The van der Waals surface area contributed by atoms with Gasteiger partial charge in [-0.15, -0.1) is 0 Å². The summed E-state index contributed by atoms with van der Waals surface area (Å²) in [6.45, 7) is 1.82. The van der Waals surface area contributed by atoms with Gasteiger partial charge in [-0.3, -0.25) is 9.59 Å². The van der Waals surface area contributed by atoms with Crippen LogP contribution in [-0.2, 0) is 37.1 Å². The third kappa shape index (κ3) is 5.18. The molecular weight excluding hydrogens is 412 g/mol. The summed E-state index contributed by atoms with van der Waals surface area (Å²) >= 11 is 1.16. The zero-order chi connectivity index (χ0) is 21.0. The minimum absolute atomic E-state index is 0.122. The molecular formula is C20H20N2O5S2. The predicted molar refractivity (Wildman–Crippen MR) is 110 cm³/mol. The Labute approximate surface area is 172 Å². The van der Waals surface area contributed by atoms with Crippen LogP contribution in [0, 0.1) is 0 Å². The number of fused-ring (bicyclic) bond motifs is 1. The van der Waals surface area contributed by atoms with Crippen molar-refractivity contribution in [2.75, 3.05) is 12.9 Å². The van der Waals surface area contributed by atoms with Crippen molar-refractivity contribution in [1.82, 2.24) is 4.57 Å². The Morgan fingerprint density at radius 3 is 2.52 bits per heavy atom. The van der Waals surface area contributed by atoms with Crippen molar-refractivity contribution in [2.24, 2.45) is 4.99 Å². The molecule has 152 valence electrons. The lowest BCUT2D eigenvalue weighted by atomic mass is 10.1. The van der Waals surface area contributed by atoms with E-state index in [0.717, 1.165) is 23.2 Å². The molecule has 0 spiro atoms. The van der Waals surface area contributed by atoms with E-state index in [0.29, 0.717) is 15.0 Å². The van der Waals surface area contributed by atoms with Crippen molar-refractivity contribution in [3.05, 3.63) is 58.9 Å². The smallest absolute Gasteiger partial charge is 0.326 e. The zero-order valence-corrected chi connectivity index (χ0v) is 17.6. The maximum Gasteiger partial charge on any atom is 0.326 e. The van der Waals surface area contributed by atoms with Gasteiger partial charge in [0.2, 0.25) is 0 Å². The number of carbonyl (C=O) groups excluding carboxylic acids is 2. The monoisotopic (exact) mass is 432 g/mol. The van der Waals surface area contributed by atoms with Crippen LogP contribution in [0.1, 0.15) is 12.5 Å². The predicted octanol–water partition coefficient (Wildman–Crippen LogP) is 2.34. The van der Waals surface area contributed by atoms with E-state index in [-0.39, 0.29) is 30.4 Å². The average molecular weight is 433 g/mol. The van der Waals surface area contributed by atoms with Gasteiger partial charge in [-0.1, -0.05) is 41.7 Å². The van der Waals surface area contributed by atoms with Gasteiger partial charge >= 0.3 is 5.97 Å². The largest absolute Gasteiger partial charge is 0.465 e. The molecule has 0 aliphatic rings. The third-order valence-corrected chi connectivity index (χ3v) is 6.24. The van der Waals surface area contributed by atoms with Crippen molar-refractivity contribution < 1.29 is 22.7 Å². The van der Waals surface area contributed by atoms with Crippen LogP contribution in [0.5, 0.6) is 0 Å². The van der Waals surface area contributed by atoms with Crippen molar-refractivity contribution >= 4 is 43.3 Å². The molecule has 0 N–H and O–H groups in total. The minimum atomic E-state index is -3.39. The summed E-state index contributed by atoms with van der Waals surface area (Å²) < 4.78 is 30.9. The van der Waals surface area contributed by atoms with E-state index in [1.807, 2.05) is 30.3 Å². The van der Waals surface area contributed by atoms with E-state index >= 15 is 0 Å². The highest BCUT2D eigenvalue weighted by molar-refractivity contribution is 7.90. The molecule has 1 aromatic heterocycles. The Bertz CT molecular complexity index is 1220. The molecule has 3 rings (SSSR count). The summed E-state index contributed by atoms with van der Waals surface area (Å²) in [6, 6.07) is 13.8. The molecule has 0 radical (unpaired) electrons. The maximum atomic E-state index is 12.5. The summed E-state index contributed by atoms with van der Waals surface area (Å²) in [7, 11) is -3.39. The van der Waals surface area contributed by atoms with Gasteiger partial charge in [-0.05, 0) is 30.7 Å². The third-order valence-electron chi connectivity index (χ3n) is 4.09. The molecule has 7 nitrogen and oxygen atoms in total. The van der Waals surface area contributed by atoms with Crippen LogP contribution in [0.3, 0.4) is 0 Å². The van der Waals surface area contributed by atoms with E-state index in [2.05, 4.69) is 4.99 Å². The van der Waals surface area contributed by atoms with Crippen molar-refractivity contribution in [3.63, 3.8) is 0 Å². The first-order chi connectivity index (χ1) is 13.8.